The zero-order valence-corrected chi connectivity index (χ0v) is 15.8. The van der Waals surface area contributed by atoms with Crippen molar-refractivity contribution in [3.05, 3.63) is 33.8 Å². The molecule has 27 heavy (non-hydrogen) atoms. The maximum atomic E-state index is 12.6. The van der Waals surface area contributed by atoms with E-state index in [-0.39, 0.29) is 23.3 Å². The molecule has 0 fully saturated rings. The van der Waals surface area contributed by atoms with E-state index in [1.807, 2.05) is 6.92 Å². The first kappa shape index (κ1) is 20.1. The highest BCUT2D eigenvalue weighted by molar-refractivity contribution is 6.00. The standard InChI is InChI=1S/C16H22N6O5/c1-6-20-8-12(14(19-20)16(24)27-9(2)3)17-15(23)11(5)21-10(4)7-13(18-21)22(25)26/h7-9,11H,6H2,1-5H3,(H,17,23). The van der Waals surface area contributed by atoms with Crippen LogP contribution in [0.1, 0.15) is 49.9 Å². The van der Waals surface area contributed by atoms with Crippen molar-refractivity contribution >= 4 is 23.4 Å². The van der Waals surface area contributed by atoms with E-state index in [1.165, 1.54) is 21.6 Å². The van der Waals surface area contributed by atoms with E-state index in [0.717, 1.165) is 0 Å². The molecule has 1 amide bonds. The topological polar surface area (TPSA) is 134 Å². The summed E-state index contributed by atoms with van der Waals surface area (Å²) in [5.74, 6) is -1.48. The van der Waals surface area contributed by atoms with E-state index in [0.29, 0.717) is 12.2 Å². The number of nitro groups is 1. The molecule has 0 spiro atoms. The van der Waals surface area contributed by atoms with Crippen LogP contribution in [0, 0.1) is 17.0 Å². The van der Waals surface area contributed by atoms with Crippen LogP contribution in [0.2, 0.25) is 0 Å². The molecule has 2 rings (SSSR count). The molecule has 0 radical (unpaired) electrons. The van der Waals surface area contributed by atoms with Gasteiger partial charge in [-0.05, 0) is 39.5 Å². The van der Waals surface area contributed by atoms with Gasteiger partial charge in [0.2, 0.25) is 0 Å². The van der Waals surface area contributed by atoms with Gasteiger partial charge in [0.1, 0.15) is 6.04 Å². The van der Waals surface area contributed by atoms with Crippen molar-refractivity contribution in [2.24, 2.45) is 0 Å². The van der Waals surface area contributed by atoms with Crippen molar-refractivity contribution in [1.29, 1.82) is 0 Å². The second kappa shape index (κ2) is 7.98. The van der Waals surface area contributed by atoms with Gasteiger partial charge in [-0.3, -0.25) is 9.48 Å². The van der Waals surface area contributed by atoms with Gasteiger partial charge in [-0.25, -0.2) is 4.79 Å². The van der Waals surface area contributed by atoms with Gasteiger partial charge in [0, 0.05) is 12.7 Å². The number of amides is 1. The maximum absolute atomic E-state index is 12.6. The summed E-state index contributed by atoms with van der Waals surface area (Å²) < 4.78 is 7.91. The molecule has 2 heterocycles. The van der Waals surface area contributed by atoms with Gasteiger partial charge in [-0.2, -0.15) is 9.78 Å². The molecule has 2 aromatic rings. The highest BCUT2D eigenvalue weighted by atomic mass is 16.6. The number of hydrogen-bond donors (Lipinski definition) is 1. The summed E-state index contributed by atoms with van der Waals surface area (Å²) in [7, 11) is 0. The Morgan fingerprint density at radius 2 is 2.00 bits per heavy atom. The molecule has 0 aromatic carbocycles. The minimum atomic E-state index is -0.836. The maximum Gasteiger partial charge on any atom is 0.390 e. The molecule has 0 saturated heterocycles. The smallest absolute Gasteiger partial charge is 0.390 e. The van der Waals surface area contributed by atoms with Crippen molar-refractivity contribution in [3.8, 4) is 0 Å². The zero-order chi connectivity index (χ0) is 20.3. The van der Waals surface area contributed by atoms with Crippen LogP contribution < -0.4 is 5.32 Å². The van der Waals surface area contributed by atoms with Crippen molar-refractivity contribution < 1.29 is 19.2 Å². The van der Waals surface area contributed by atoms with E-state index in [1.54, 1.807) is 27.7 Å². The summed E-state index contributed by atoms with van der Waals surface area (Å²) in [4.78, 5) is 35.1. The number of carbonyl (C=O) groups is 2. The Hall–Kier alpha value is -3.24. The molecule has 0 aliphatic heterocycles. The van der Waals surface area contributed by atoms with Crippen LogP contribution >= 0.6 is 0 Å². The molecule has 0 bridgehead atoms. The lowest BCUT2D eigenvalue weighted by Crippen LogP contribution is -2.26. The molecule has 1 atom stereocenters. The average Bonchev–Trinajstić information content (AvgIpc) is 3.17. The molecule has 11 heteroatoms. The minimum Gasteiger partial charge on any atom is -0.458 e. The number of ether oxygens (including phenoxy) is 1. The van der Waals surface area contributed by atoms with Gasteiger partial charge in [-0.1, -0.05) is 0 Å². The van der Waals surface area contributed by atoms with Crippen LogP contribution in [0.4, 0.5) is 11.5 Å². The van der Waals surface area contributed by atoms with E-state index < -0.39 is 22.8 Å². The molecule has 0 aliphatic rings. The van der Waals surface area contributed by atoms with E-state index >= 15 is 0 Å². The molecule has 2 aromatic heterocycles. The van der Waals surface area contributed by atoms with Crippen LogP contribution in [0.15, 0.2) is 12.3 Å². The fourth-order valence-corrected chi connectivity index (χ4v) is 2.40. The van der Waals surface area contributed by atoms with Gasteiger partial charge in [0.05, 0.1) is 28.7 Å². The summed E-state index contributed by atoms with van der Waals surface area (Å²) in [6.45, 7) is 8.92. The van der Waals surface area contributed by atoms with E-state index in [9.17, 15) is 19.7 Å². The van der Waals surface area contributed by atoms with Gasteiger partial charge in [-0.15, -0.1) is 0 Å². The second-order valence-electron chi connectivity index (χ2n) is 6.21. The Balaban J connectivity index is 2.25. The molecular formula is C16H22N6O5. The van der Waals surface area contributed by atoms with Crippen LogP contribution in [0.5, 0.6) is 0 Å². The number of aromatic nitrogens is 4. The van der Waals surface area contributed by atoms with Gasteiger partial charge < -0.3 is 20.2 Å². The number of aryl methyl sites for hydroxylation is 2. The highest BCUT2D eigenvalue weighted by Gasteiger charge is 2.27. The number of hydrogen-bond acceptors (Lipinski definition) is 7. The third-order valence-corrected chi connectivity index (χ3v) is 3.72. The van der Waals surface area contributed by atoms with Gasteiger partial charge in [0.25, 0.3) is 5.91 Å². The summed E-state index contributed by atoms with van der Waals surface area (Å²) in [5.41, 5.74) is 0.668. The fourth-order valence-electron chi connectivity index (χ4n) is 2.40. The monoisotopic (exact) mass is 378 g/mol. The predicted molar refractivity (Wildman–Crippen MR) is 95.4 cm³/mol. The number of nitrogens with zero attached hydrogens (tertiary/aromatic N) is 5. The summed E-state index contributed by atoms with van der Waals surface area (Å²) >= 11 is 0. The first-order valence-electron chi connectivity index (χ1n) is 8.43. The molecule has 1 unspecified atom stereocenters. The molecule has 11 nitrogen and oxygen atoms in total. The third kappa shape index (κ3) is 4.49. The Bertz CT molecular complexity index is 869. The molecule has 0 aliphatic carbocycles. The number of esters is 1. The number of anilines is 1. The van der Waals surface area contributed by atoms with Gasteiger partial charge >= 0.3 is 11.8 Å². The Labute approximate surface area is 155 Å². The highest BCUT2D eigenvalue weighted by Crippen LogP contribution is 2.20. The van der Waals surface area contributed by atoms with Crippen molar-refractivity contribution in [3.63, 3.8) is 0 Å². The zero-order valence-electron chi connectivity index (χ0n) is 15.8. The first-order valence-corrected chi connectivity index (χ1v) is 8.43. The molecule has 146 valence electrons. The quantitative estimate of drug-likeness (QED) is 0.443. The van der Waals surface area contributed by atoms with Crippen LogP contribution in [-0.4, -0.2) is 42.5 Å². The number of carbonyl (C=O) groups excluding carboxylic acids is 2. The van der Waals surface area contributed by atoms with Crippen LogP contribution in [-0.2, 0) is 16.1 Å². The summed E-state index contributed by atoms with van der Waals surface area (Å²) in [5, 5.41) is 21.5. The summed E-state index contributed by atoms with van der Waals surface area (Å²) in [6, 6.07) is 0.447. The minimum absolute atomic E-state index is 0.00531. The Morgan fingerprint density at radius 3 is 2.52 bits per heavy atom. The largest absolute Gasteiger partial charge is 0.458 e. The van der Waals surface area contributed by atoms with Crippen LogP contribution in [0.3, 0.4) is 0 Å². The molecule has 0 saturated carbocycles. The first-order chi connectivity index (χ1) is 12.6. The lowest BCUT2D eigenvalue weighted by molar-refractivity contribution is -0.389. The lowest BCUT2D eigenvalue weighted by Gasteiger charge is -2.12. The lowest BCUT2D eigenvalue weighted by atomic mass is 10.2. The van der Waals surface area contributed by atoms with Crippen molar-refractivity contribution in [2.75, 3.05) is 5.32 Å². The van der Waals surface area contributed by atoms with Crippen molar-refractivity contribution in [2.45, 2.75) is 53.3 Å². The Kier molecular flexibility index (Phi) is 5.93. The van der Waals surface area contributed by atoms with Crippen molar-refractivity contribution in [1.82, 2.24) is 19.6 Å². The van der Waals surface area contributed by atoms with E-state index in [2.05, 4.69) is 15.5 Å². The third-order valence-electron chi connectivity index (χ3n) is 3.72. The second-order valence-corrected chi connectivity index (χ2v) is 6.21. The predicted octanol–water partition coefficient (Wildman–Crippen LogP) is 2.08. The SMILES string of the molecule is CCn1cc(NC(=O)C(C)n2nc([N+](=O)[O-])cc2C)c(C(=O)OC(C)C)n1. The van der Waals surface area contributed by atoms with E-state index in [4.69, 9.17) is 4.74 Å². The summed E-state index contributed by atoms with van der Waals surface area (Å²) in [6.07, 6.45) is 1.19. The number of rotatable bonds is 7. The molecule has 1 N–H and O–H groups in total. The van der Waals surface area contributed by atoms with Crippen LogP contribution in [0.25, 0.3) is 0 Å². The average molecular weight is 378 g/mol. The number of nitrogens with one attached hydrogen (secondary N) is 1. The Morgan fingerprint density at radius 1 is 1.33 bits per heavy atom. The molecular weight excluding hydrogens is 356 g/mol. The fraction of sp³-hybridized carbons (Fsp3) is 0.500. The van der Waals surface area contributed by atoms with Gasteiger partial charge in [0.15, 0.2) is 5.69 Å². The normalized spacial score (nSPS) is 12.1.